The van der Waals surface area contributed by atoms with Crippen LogP contribution in [0.15, 0.2) is 0 Å². The number of carbonyl (C=O) groups is 1. The van der Waals surface area contributed by atoms with Crippen molar-refractivity contribution in [1.29, 1.82) is 0 Å². The van der Waals surface area contributed by atoms with Gasteiger partial charge in [-0.05, 0) is 62.9 Å². The topological polar surface area (TPSA) is 50.4 Å². The average Bonchev–Trinajstić information content (AvgIpc) is 3.08. The SMILES string of the molecule is COC1(C(=O)NCC2CC3CCC2C3)CCNCC1. The molecule has 2 N–H and O–H groups in total. The van der Waals surface area contributed by atoms with Gasteiger partial charge in [0.15, 0.2) is 0 Å². The number of fused-ring (bicyclic) bond motifs is 2. The van der Waals surface area contributed by atoms with Crippen molar-refractivity contribution in [2.24, 2.45) is 17.8 Å². The summed E-state index contributed by atoms with van der Waals surface area (Å²) in [6.45, 7) is 2.60. The molecule has 1 amide bonds. The van der Waals surface area contributed by atoms with Crippen molar-refractivity contribution in [1.82, 2.24) is 10.6 Å². The van der Waals surface area contributed by atoms with Gasteiger partial charge in [0.2, 0.25) is 0 Å². The van der Waals surface area contributed by atoms with Crippen LogP contribution in [0.5, 0.6) is 0 Å². The van der Waals surface area contributed by atoms with Crippen LogP contribution in [0.1, 0.15) is 38.5 Å². The van der Waals surface area contributed by atoms with E-state index in [-0.39, 0.29) is 5.91 Å². The van der Waals surface area contributed by atoms with E-state index in [2.05, 4.69) is 10.6 Å². The van der Waals surface area contributed by atoms with Gasteiger partial charge in [-0.15, -0.1) is 0 Å². The fourth-order valence-electron chi connectivity index (χ4n) is 4.37. The van der Waals surface area contributed by atoms with Gasteiger partial charge in [0.05, 0.1) is 0 Å². The summed E-state index contributed by atoms with van der Waals surface area (Å²) < 4.78 is 5.57. The lowest BCUT2D eigenvalue weighted by atomic mass is 9.87. The largest absolute Gasteiger partial charge is 0.368 e. The Balaban J connectivity index is 1.52. The minimum atomic E-state index is -0.580. The molecule has 2 saturated carbocycles. The number of methoxy groups -OCH3 is 1. The Bertz CT molecular complexity index is 339. The fourth-order valence-corrected chi connectivity index (χ4v) is 4.37. The molecular formula is C15H26N2O2. The molecule has 3 fully saturated rings. The molecule has 3 unspecified atom stereocenters. The standard InChI is InChI=1S/C15H26N2O2/c1-19-15(4-6-16-7-5-15)14(18)17-10-13-9-11-2-3-12(13)8-11/h11-13,16H,2-10H2,1H3,(H,17,18). The van der Waals surface area contributed by atoms with Crippen LogP contribution < -0.4 is 10.6 Å². The smallest absolute Gasteiger partial charge is 0.252 e. The predicted molar refractivity (Wildman–Crippen MR) is 73.8 cm³/mol. The second kappa shape index (κ2) is 5.41. The normalized spacial score (nSPS) is 36.4. The maximum absolute atomic E-state index is 12.5. The third kappa shape index (κ3) is 2.52. The van der Waals surface area contributed by atoms with Crippen molar-refractivity contribution in [3.63, 3.8) is 0 Å². The Hall–Kier alpha value is -0.610. The van der Waals surface area contributed by atoms with Crippen molar-refractivity contribution in [3.8, 4) is 0 Å². The van der Waals surface area contributed by atoms with E-state index in [0.29, 0.717) is 0 Å². The van der Waals surface area contributed by atoms with E-state index in [4.69, 9.17) is 4.74 Å². The molecular weight excluding hydrogens is 240 g/mol. The minimum absolute atomic E-state index is 0.110. The zero-order chi connectivity index (χ0) is 13.3. The molecule has 0 aromatic carbocycles. The van der Waals surface area contributed by atoms with Gasteiger partial charge in [0, 0.05) is 13.7 Å². The number of amides is 1. The van der Waals surface area contributed by atoms with E-state index in [1.807, 2.05) is 0 Å². The molecule has 3 rings (SSSR count). The molecule has 0 radical (unpaired) electrons. The Morgan fingerprint density at radius 2 is 2.11 bits per heavy atom. The Morgan fingerprint density at radius 1 is 1.32 bits per heavy atom. The van der Waals surface area contributed by atoms with E-state index in [1.54, 1.807) is 7.11 Å². The molecule has 2 bridgehead atoms. The molecule has 0 aromatic rings. The lowest BCUT2D eigenvalue weighted by Gasteiger charge is -2.35. The number of hydrogen-bond donors (Lipinski definition) is 2. The van der Waals surface area contributed by atoms with Crippen LogP contribution in [-0.4, -0.2) is 38.3 Å². The van der Waals surface area contributed by atoms with Gasteiger partial charge < -0.3 is 15.4 Å². The quantitative estimate of drug-likeness (QED) is 0.806. The first-order chi connectivity index (χ1) is 9.23. The van der Waals surface area contributed by atoms with Crippen molar-refractivity contribution >= 4 is 5.91 Å². The molecule has 19 heavy (non-hydrogen) atoms. The first-order valence-electron chi connectivity index (χ1n) is 7.78. The van der Waals surface area contributed by atoms with Gasteiger partial charge in [0.1, 0.15) is 5.60 Å². The van der Waals surface area contributed by atoms with Gasteiger partial charge >= 0.3 is 0 Å². The van der Waals surface area contributed by atoms with Crippen LogP contribution in [0.4, 0.5) is 0 Å². The average molecular weight is 266 g/mol. The van der Waals surface area contributed by atoms with Gasteiger partial charge in [-0.3, -0.25) is 4.79 Å². The van der Waals surface area contributed by atoms with E-state index < -0.39 is 5.60 Å². The zero-order valence-corrected chi connectivity index (χ0v) is 11.9. The molecule has 0 spiro atoms. The maximum atomic E-state index is 12.5. The van der Waals surface area contributed by atoms with Crippen LogP contribution in [-0.2, 0) is 9.53 Å². The summed E-state index contributed by atoms with van der Waals surface area (Å²) in [4.78, 5) is 12.5. The molecule has 4 heteroatoms. The highest BCUT2D eigenvalue weighted by Gasteiger charge is 2.42. The van der Waals surface area contributed by atoms with Crippen LogP contribution in [0.25, 0.3) is 0 Å². The lowest BCUT2D eigenvalue weighted by molar-refractivity contribution is -0.147. The third-order valence-corrected chi connectivity index (χ3v) is 5.63. The molecule has 1 aliphatic heterocycles. The van der Waals surface area contributed by atoms with Crippen LogP contribution >= 0.6 is 0 Å². The molecule has 4 nitrogen and oxygen atoms in total. The maximum Gasteiger partial charge on any atom is 0.252 e. The highest BCUT2D eigenvalue weighted by atomic mass is 16.5. The van der Waals surface area contributed by atoms with Crippen LogP contribution in [0.3, 0.4) is 0 Å². The van der Waals surface area contributed by atoms with E-state index in [1.165, 1.54) is 25.7 Å². The summed E-state index contributed by atoms with van der Waals surface area (Å²) in [6, 6.07) is 0. The number of rotatable bonds is 4. The first kappa shape index (κ1) is 13.4. The van der Waals surface area contributed by atoms with Crippen molar-refractivity contribution in [3.05, 3.63) is 0 Å². The predicted octanol–water partition coefficient (Wildman–Crippen LogP) is 1.31. The number of carbonyl (C=O) groups excluding carboxylic acids is 1. The molecule has 1 saturated heterocycles. The fraction of sp³-hybridized carbons (Fsp3) is 0.933. The van der Waals surface area contributed by atoms with Crippen LogP contribution in [0, 0.1) is 17.8 Å². The van der Waals surface area contributed by atoms with Gasteiger partial charge in [0.25, 0.3) is 5.91 Å². The minimum Gasteiger partial charge on any atom is -0.368 e. The van der Waals surface area contributed by atoms with Crippen molar-refractivity contribution in [2.45, 2.75) is 44.1 Å². The summed E-state index contributed by atoms with van der Waals surface area (Å²) in [6.07, 6.45) is 7.10. The molecule has 1 heterocycles. The molecule has 0 aromatic heterocycles. The summed E-state index contributed by atoms with van der Waals surface area (Å²) in [5, 5.41) is 6.47. The van der Waals surface area contributed by atoms with Gasteiger partial charge in [-0.2, -0.15) is 0 Å². The summed E-state index contributed by atoms with van der Waals surface area (Å²) >= 11 is 0. The molecule has 3 aliphatic rings. The second-order valence-electron chi connectivity index (χ2n) is 6.59. The highest BCUT2D eigenvalue weighted by molar-refractivity contribution is 5.85. The number of ether oxygens (including phenoxy) is 1. The first-order valence-corrected chi connectivity index (χ1v) is 7.78. The van der Waals surface area contributed by atoms with Gasteiger partial charge in [-0.25, -0.2) is 0 Å². The van der Waals surface area contributed by atoms with Crippen LogP contribution in [0.2, 0.25) is 0 Å². The van der Waals surface area contributed by atoms with Crippen molar-refractivity contribution < 1.29 is 9.53 Å². The van der Waals surface area contributed by atoms with Gasteiger partial charge in [-0.1, -0.05) is 6.42 Å². The van der Waals surface area contributed by atoms with Crippen molar-refractivity contribution in [2.75, 3.05) is 26.7 Å². The number of hydrogen-bond acceptors (Lipinski definition) is 3. The number of nitrogens with one attached hydrogen (secondary N) is 2. The summed E-state index contributed by atoms with van der Waals surface area (Å²) in [7, 11) is 1.67. The Kier molecular flexibility index (Phi) is 3.81. The lowest BCUT2D eigenvalue weighted by Crippen LogP contribution is -2.54. The van der Waals surface area contributed by atoms with E-state index >= 15 is 0 Å². The number of piperidine rings is 1. The third-order valence-electron chi connectivity index (χ3n) is 5.63. The Morgan fingerprint density at radius 3 is 2.68 bits per heavy atom. The zero-order valence-electron chi connectivity index (χ0n) is 11.9. The monoisotopic (exact) mass is 266 g/mol. The molecule has 3 atom stereocenters. The highest BCUT2D eigenvalue weighted by Crippen LogP contribution is 2.47. The summed E-state index contributed by atoms with van der Waals surface area (Å²) in [5.74, 6) is 2.65. The second-order valence-corrected chi connectivity index (χ2v) is 6.59. The van der Waals surface area contributed by atoms with E-state index in [9.17, 15) is 4.79 Å². The summed E-state index contributed by atoms with van der Waals surface area (Å²) in [5.41, 5.74) is -0.580. The Labute approximate surface area is 115 Å². The molecule has 108 valence electrons. The van der Waals surface area contributed by atoms with E-state index in [0.717, 1.165) is 50.2 Å². The molecule has 2 aliphatic carbocycles.